The van der Waals surface area contributed by atoms with Crippen molar-refractivity contribution in [1.29, 1.82) is 5.26 Å². The number of nitrogens with one attached hydrogen (secondary N) is 1. The van der Waals surface area contributed by atoms with Crippen molar-refractivity contribution in [2.75, 3.05) is 31.6 Å². The van der Waals surface area contributed by atoms with Crippen molar-refractivity contribution in [2.24, 2.45) is 0 Å². The van der Waals surface area contributed by atoms with Gasteiger partial charge in [0.2, 0.25) is 5.91 Å². The van der Waals surface area contributed by atoms with Crippen molar-refractivity contribution in [3.63, 3.8) is 0 Å². The lowest BCUT2D eigenvalue weighted by molar-refractivity contribution is -0.118. The molecule has 0 unspecified atom stereocenters. The number of rotatable bonds is 8. The van der Waals surface area contributed by atoms with Crippen molar-refractivity contribution in [2.45, 2.75) is 49.4 Å². The van der Waals surface area contributed by atoms with Gasteiger partial charge in [-0.1, -0.05) is 19.1 Å². The maximum atomic E-state index is 12.4. The summed E-state index contributed by atoms with van der Waals surface area (Å²) in [7, 11) is 0. The lowest BCUT2D eigenvalue weighted by Gasteiger charge is -2.31. The zero-order valence-corrected chi connectivity index (χ0v) is 15.8. The summed E-state index contributed by atoms with van der Waals surface area (Å²) in [5, 5.41) is 12.0. The second-order valence-corrected chi connectivity index (χ2v) is 7.75. The maximum absolute atomic E-state index is 12.4. The van der Waals surface area contributed by atoms with Crippen molar-refractivity contribution in [1.82, 2.24) is 4.90 Å². The van der Waals surface area contributed by atoms with E-state index in [1.54, 1.807) is 11.8 Å². The first-order chi connectivity index (χ1) is 12.1. The molecule has 1 aliphatic rings. The molecule has 1 N–H and O–H groups in total. The summed E-state index contributed by atoms with van der Waals surface area (Å²) >= 11 is 1.62. The van der Waals surface area contributed by atoms with Crippen LogP contribution < -0.4 is 5.32 Å². The van der Waals surface area contributed by atoms with E-state index in [1.807, 2.05) is 38.1 Å². The van der Waals surface area contributed by atoms with Gasteiger partial charge in [-0.15, -0.1) is 11.8 Å². The fourth-order valence-electron chi connectivity index (χ4n) is 2.92. The molecule has 136 valence electrons. The number of nitrogens with zero attached hydrogens (tertiary/aromatic N) is 2. The molecule has 1 fully saturated rings. The van der Waals surface area contributed by atoms with Crippen LogP contribution in [0.25, 0.3) is 0 Å². The number of piperidine rings is 1. The van der Waals surface area contributed by atoms with Gasteiger partial charge in [0.25, 0.3) is 0 Å². The van der Waals surface area contributed by atoms with Gasteiger partial charge in [-0.25, -0.2) is 0 Å². The van der Waals surface area contributed by atoms with Gasteiger partial charge in [-0.3, -0.25) is 9.69 Å². The monoisotopic (exact) mass is 361 g/mol. The van der Waals surface area contributed by atoms with Crippen molar-refractivity contribution in [3.05, 3.63) is 24.3 Å². The average Bonchev–Trinajstić information content (AvgIpc) is 2.59. The molecule has 1 atom stereocenters. The number of anilines is 1. The van der Waals surface area contributed by atoms with E-state index in [0.717, 1.165) is 43.1 Å². The summed E-state index contributed by atoms with van der Waals surface area (Å²) in [5.74, 6) is 0.0100. The highest BCUT2D eigenvalue weighted by atomic mass is 32.2. The minimum atomic E-state index is 0.0100. The molecule has 1 aliphatic heterocycles. The molecular formula is C19H27N3O2S. The molecule has 1 heterocycles. The largest absolute Gasteiger partial charge is 0.378 e. The van der Waals surface area contributed by atoms with Gasteiger partial charge in [0.15, 0.2) is 0 Å². The van der Waals surface area contributed by atoms with E-state index in [2.05, 4.69) is 16.3 Å². The fraction of sp³-hybridized carbons (Fsp3) is 0.579. The number of ether oxygens (including phenoxy) is 1. The molecule has 6 heteroatoms. The van der Waals surface area contributed by atoms with Crippen LogP contribution in [0, 0.1) is 11.3 Å². The minimum Gasteiger partial charge on any atom is -0.378 e. The SMILES string of the molecule is CCOC1CCN(CC(=O)Nc2ccccc2S[C@@H](C)CC#N)CC1. The fourth-order valence-corrected chi connectivity index (χ4v) is 3.92. The van der Waals surface area contributed by atoms with E-state index < -0.39 is 0 Å². The molecule has 5 nitrogen and oxygen atoms in total. The zero-order chi connectivity index (χ0) is 18.1. The lowest BCUT2D eigenvalue weighted by atomic mass is 10.1. The van der Waals surface area contributed by atoms with Gasteiger partial charge in [-0.05, 0) is 31.9 Å². The number of amides is 1. The van der Waals surface area contributed by atoms with Gasteiger partial charge in [0.05, 0.1) is 24.4 Å². The second-order valence-electron chi connectivity index (χ2n) is 6.27. The Balaban J connectivity index is 1.86. The first kappa shape index (κ1) is 19.8. The molecule has 0 aliphatic carbocycles. The Hall–Kier alpha value is -1.55. The Morgan fingerprint density at radius 2 is 2.16 bits per heavy atom. The van der Waals surface area contributed by atoms with Gasteiger partial charge in [0.1, 0.15) is 0 Å². The Morgan fingerprint density at radius 1 is 1.44 bits per heavy atom. The van der Waals surface area contributed by atoms with E-state index in [-0.39, 0.29) is 11.2 Å². The van der Waals surface area contributed by atoms with Crippen LogP contribution in [0.1, 0.15) is 33.1 Å². The molecule has 0 aromatic heterocycles. The molecule has 0 spiro atoms. The van der Waals surface area contributed by atoms with Crippen LogP contribution in [-0.2, 0) is 9.53 Å². The van der Waals surface area contributed by atoms with Crippen LogP contribution in [-0.4, -0.2) is 48.4 Å². The number of hydrogen-bond acceptors (Lipinski definition) is 5. The third-order valence-corrected chi connectivity index (χ3v) is 5.35. The molecule has 1 aromatic carbocycles. The highest BCUT2D eigenvalue weighted by Crippen LogP contribution is 2.31. The summed E-state index contributed by atoms with van der Waals surface area (Å²) in [6.07, 6.45) is 2.79. The summed E-state index contributed by atoms with van der Waals surface area (Å²) in [6.45, 7) is 7.00. The van der Waals surface area contributed by atoms with Crippen molar-refractivity contribution >= 4 is 23.4 Å². The van der Waals surface area contributed by atoms with E-state index >= 15 is 0 Å². The van der Waals surface area contributed by atoms with E-state index in [4.69, 9.17) is 10.00 Å². The number of benzene rings is 1. The number of para-hydroxylation sites is 1. The van der Waals surface area contributed by atoms with Crippen molar-refractivity contribution < 1.29 is 9.53 Å². The third-order valence-electron chi connectivity index (χ3n) is 4.17. The minimum absolute atomic E-state index is 0.0100. The van der Waals surface area contributed by atoms with Gasteiger partial charge in [0, 0.05) is 36.3 Å². The molecule has 25 heavy (non-hydrogen) atoms. The first-order valence-corrected chi connectivity index (χ1v) is 9.76. The molecule has 1 aromatic rings. The highest BCUT2D eigenvalue weighted by Gasteiger charge is 2.21. The van der Waals surface area contributed by atoms with Crippen molar-refractivity contribution in [3.8, 4) is 6.07 Å². The highest BCUT2D eigenvalue weighted by molar-refractivity contribution is 8.00. The number of carbonyl (C=O) groups is 1. The lowest BCUT2D eigenvalue weighted by Crippen LogP contribution is -2.41. The summed E-state index contributed by atoms with van der Waals surface area (Å²) in [5.41, 5.74) is 0.825. The van der Waals surface area contributed by atoms with E-state index in [9.17, 15) is 4.79 Å². The van der Waals surface area contributed by atoms with Crippen LogP contribution in [0.15, 0.2) is 29.2 Å². The predicted molar refractivity (Wildman–Crippen MR) is 102 cm³/mol. The van der Waals surface area contributed by atoms with Crippen LogP contribution in [0.4, 0.5) is 5.69 Å². The topological polar surface area (TPSA) is 65.4 Å². The number of nitriles is 1. The molecule has 1 saturated heterocycles. The molecule has 2 rings (SSSR count). The predicted octanol–water partition coefficient (Wildman–Crippen LogP) is 3.52. The number of thioether (sulfide) groups is 1. The smallest absolute Gasteiger partial charge is 0.238 e. The first-order valence-electron chi connectivity index (χ1n) is 8.88. The molecular weight excluding hydrogens is 334 g/mol. The Bertz CT molecular complexity index is 595. The number of carbonyl (C=O) groups excluding carboxylic acids is 1. The standard InChI is InChI=1S/C19H27N3O2S/c1-3-24-16-9-12-22(13-10-16)14-19(23)21-17-6-4-5-7-18(17)25-15(2)8-11-20/h4-7,15-16H,3,8-10,12-14H2,1-2H3,(H,21,23)/t15-/m0/s1. The summed E-state index contributed by atoms with van der Waals surface area (Å²) < 4.78 is 5.65. The zero-order valence-electron chi connectivity index (χ0n) is 15.0. The van der Waals surface area contributed by atoms with Crippen LogP contribution in [0.5, 0.6) is 0 Å². The van der Waals surface area contributed by atoms with E-state index in [0.29, 0.717) is 19.1 Å². The number of hydrogen-bond donors (Lipinski definition) is 1. The molecule has 0 bridgehead atoms. The third kappa shape index (κ3) is 6.69. The average molecular weight is 362 g/mol. The van der Waals surface area contributed by atoms with E-state index in [1.165, 1.54) is 0 Å². The Labute approximate surface area is 154 Å². The number of likely N-dealkylation sites (tertiary alicyclic amines) is 1. The van der Waals surface area contributed by atoms with Gasteiger partial charge >= 0.3 is 0 Å². The van der Waals surface area contributed by atoms with Crippen LogP contribution in [0.2, 0.25) is 0 Å². The van der Waals surface area contributed by atoms with Gasteiger partial charge < -0.3 is 10.1 Å². The molecule has 0 saturated carbocycles. The Morgan fingerprint density at radius 3 is 2.84 bits per heavy atom. The van der Waals surface area contributed by atoms with Crippen LogP contribution >= 0.6 is 11.8 Å². The second kappa shape index (κ2) is 10.4. The molecule has 1 amide bonds. The maximum Gasteiger partial charge on any atom is 0.238 e. The normalized spacial score (nSPS) is 17.0. The van der Waals surface area contributed by atoms with Crippen LogP contribution in [0.3, 0.4) is 0 Å². The summed E-state index contributed by atoms with van der Waals surface area (Å²) in [4.78, 5) is 15.6. The summed E-state index contributed by atoms with van der Waals surface area (Å²) in [6, 6.07) is 9.97. The quantitative estimate of drug-likeness (QED) is 0.718. The molecule has 0 radical (unpaired) electrons. The van der Waals surface area contributed by atoms with Gasteiger partial charge in [-0.2, -0.15) is 5.26 Å². The Kier molecular flexibility index (Phi) is 8.26.